The zero-order valence-electron chi connectivity index (χ0n) is 11.2. The summed E-state index contributed by atoms with van der Waals surface area (Å²) >= 11 is 0. The van der Waals surface area contributed by atoms with Gasteiger partial charge >= 0.3 is 88.7 Å². The summed E-state index contributed by atoms with van der Waals surface area (Å²) in [5.74, 6) is 0. The van der Waals surface area contributed by atoms with E-state index < -0.39 is 45.0 Å². The molecule has 0 aliphatic rings. The summed E-state index contributed by atoms with van der Waals surface area (Å²) < 4.78 is 0. The van der Waals surface area contributed by atoms with Crippen LogP contribution in [0.4, 0.5) is 0 Å². The molecule has 6 N–H and O–H groups in total. The Morgan fingerprint density at radius 3 is 0.947 bits per heavy atom. The molecule has 0 unspecified atom stereocenters. The Kier molecular flexibility index (Phi) is 36.3. The van der Waals surface area contributed by atoms with Gasteiger partial charge in [0.2, 0.25) is 0 Å². The summed E-state index contributed by atoms with van der Waals surface area (Å²) in [6.07, 6.45) is -6.39. The van der Waals surface area contributed by atoms with Crippen LogP contribution in [-0.4, -0.2) is 75.6 Å². The van der Waals surface area contributed by atoms with Gasteiger partial charge in [-0.2, -0.15) is 0 Å². The maximum absolute atomic E-state index is 8.96. The van der Waals surface area contributed by atoms with E-state index in [0.717, 1.165) is 0 Å². The number of hydrogen-bond acceptors (Lipinski definition) is 9. The Bertz CT molecular complexity index is 152. The Morgan fingerprint density at radius 2 is 0.842 bits per heavy atom. The van der Waals surface area contributed by atoms with Crippen LogP contribution in [0.15, 0.2) is 0 Å². The van der Waals surface area contributed by atoms with Crippen molar-refractivity contribution in [2.45, 2.75) is 24.4 Å². The van der Waals surface area contributed by atoms with Gasteiger partial charge in [-0.25, -0.2) is 0 Å². The molecule has 0 aromatic carbocycles. The van der Waals surface area contributed by atoms with Gasteiger partial charge < -0.3 is 45.7 Å². The van der Waals surface area contributed by atoms with Crippen LogP contribution in [0.1, 0.15) is 0 Å². The molecule has 98 valence electrons. The fourth-order valence-electron chi connectivity index (χ4n) is 0.671. The second-order valence-electron chi connectivity index (χ2n) is 2.77. The number of aliphatic hydroxyl groups is 6. The largest absolute Gasteiger partial charge is 1.00 e. The van der Waals surface area contributed by atoms with Gasteiger partial charge in [0.15, 0.2) is 0 Å². The molecule has 0 fully saturated rings. The van der Waals surface area contributed by atoms with Gasteiger partial charge in [0.05, 0.1) is 13.2 Å². The van der Waals surface area contributed by atoms with Crippen LogP contribution in [0.5, 0.6) is 0 Å². The fraction of sp³-hybridized carbons (Fsp3) is 1.00. The molecule has 9 nitrogen and oxygen atoms in total. The van der Waals surface area contributed by atoms with Gasteiger partial charge in [-0.1, -0.05) is 0 Å². The van der Waals surface area contributed by atoms with E-state index in [1.165, 1.54) is 0 Å². The number of aliphatic hydroxyl groups excluding tert-OH is 6. The maximum atomic E-state index is 8.96. The first-order valence-electron chi connectivity index (χ1n) is 4.19. The van der Waals surface area contributed by atoms with Gasteiger partial charge in [0.25, 0.3) is 0 Å². The van der Waals surface area contributed by atoms with E-state index in [1.807, 2.05) is 0 Å². The monoisotopic (exact) mass is 310 g/mol. The first-order valence-corrected chi connectivity index (χ1v) is 4.19. The third-order valence-corrected chi connectivity index (χ3v) is 1.51. The molecule has 4 atom stereocenters. The Hall–Kier alpha value is 2.70. The van der Waals surface area contributed by atoms with Crippen molar-refractivity contribution in [3.63, 3.8) is 0 Å². The van der Waals surface area contributed by atoms with Crippen LogP contribution >= 0.6 is 0 Å². The summed E-state index contributed by atoms with van der Waals surface area (Å²) in [6.45, 7) is -1.45. The van der Waals surface area contributed by atoms with Crippen LogP contribution < -0.4 is 104 Å². The SMILES string of the molecule is OC[C@@H](O)[C@@H](O)[C@H](O)[C@H](O)CO.[Na+].[Na+].[Na+].[O-]B([O-])[O-]. The molecule has 0 aliphatic heterocycles. The molecular formula is C6H14BNa3O9. The molecule has 0 saturated carbocycles. The maximum Gasteiger partial charge on any atom is 1.00 e. The van der Waals surface area contributed by atoms with Crippen molar-refractivity contribution in [3.05, 3.63) is 0 Å². The van der Waals surface area contributed by atoms with Crippen molar-refractivity contribution in [2.75, 3.05) is 13.2 Å². The summed E-state index contributed by atoms with van der Waals surface area (Å²) in [5.41, 5.74) is 0. The van der Waals surface area contributed by atoms with Crippen LogP contribution in [0.2, 0.25) is 0 Å². The van der Waals surface area contributed by atoms with Crippen LogP contribution in [-0.2, 0) is 0 Å². The summed E-state index contributed by atoms with van der Waals surface area (Å²) in [6, 6.07) is 0. The number of rotatable bonds is 5. The number of hydrogen-bond donors (Lipinski definition) is 6. The molecule has 0 aromatic rings. The zero-order chi connectivity index (χ0) is 13.3. The minimum absolute atomic E-state index is 0. The molecule has 0 radical (unpaired) electrons. The van der Waals surface area contributed by atoms with E-state index in [-0.39, 0.29) is 88.7 Å². The van der Waals surface area contributed by atoms with Gasteiger partial charge in [-0.15, -0.1) is 0 Å². The predicted molar refractivity (Wildman–Crippen MR) is 44.0 cm³/mol. The Balaban J connectivity index is -0.0000000827. The molecule has 0 heterocycles. The predicted octanol–water partition coefficient (Wildman–Crippen LogP) is -16.5. The van der Waals surface area contributed by atoms with Crippen molar-refractivity contribution >= 4 is 7.32 Å². The normalized spacial score (nSPS) is 15.0. The second kappa shape index (κ2) is 20.7. The quantitative estimate of drug-likeness (QED) is 0.267. The molecule has 0 bridgehead atoms. The molecule has 19 heavy (non-hydrogen) atoms. The minimum atomic E-state index is -2.92. The van der Waals surface area contributed by atoms with Crippen LogP contribution in [0.3, 0.4) is 0 Å². The van der Waals surface area contributed by atoms with E-state index >= 15 is 0 Å². The van der Waals surface area contributed by atoms with E-state index in [4.69, 9.17) is 45.7 Å². The second-order valence-corrected chi connectivity index (χ2v) is 2.77. The molecule has 0 saturated heterocycles. The molecule has 0 amide bonds. The molecular weight excluding hydrogens is 296 g/mol. The van der Waals surface area contributed by atoms with Gasteiger partial charge in [-0.3, -0.25) is 7.32 Å². The Labute approximate surface area is 177 Å². The third-order valence-electron chi connectivity index (χ3n) is 1.51. The van der Waals surface area contributed by atoms with E-state index in [9.17, 15) is 0 Å². The zero-order valence-corrected chi connectivity index (χ0v) is 17.2. The van der Waals surface area contributed by atoms with E-state index in [2.05, 4.69) is 0 Å². The van der Waals surface area contributed by atoms with Crippen LogP contribution in [0.25, 0.3) is 0 Å². The standard InChI is InChI=1S/C6H14O6.BO3.3Na/c7-1-3(9)5(11)6(12)4(10)2-8;2-1(3)4;;;/h3-12H,1-2H2;;;;/q;-3;3*+1/t3-,4-,5-,6-;;;;/m1..../s1. The molecule has 0 spiro atoms. The van der Waals surface area contributed by atoms with Crippen molar-refractivity contribution in [3.8, 4) is 0 Å². The topological polar surface area (TPSA) is 191 Å². The van der Waals surface area contributed by atoms with E-state index in [0.29, 0.717) is 0 Å². The first kappa shape index (κ1) is 33.3. The van der Waals surface area contributed by atoms with Crippen molar-refractivity contribution in [1.82, 2.24) is 0 Å². The minimum Gasteiger partial charge on any atom is -0.907 e. The van der Waals surface area contributed by atoms with Gasteiger partial charge in [-0.05, 0) is 0 Å². The van der Waals surface area contributed by atoms with Crippen molar-refractivity contribution in [1.29, 1.82) is 0 Å². The fourth-order valence-corrected chi connectivity index (χ4v) is 0.671. The third kappa shape index (κ3) is 20.7. The smallest absolute Gasteiger partial charge is 0.907 e. The van der Waals surface area contributed by atoms with Crippen molar-refractivity contribution < 1.29 is 134 Å². The Morgan fingerprint density at radius 1 is 0.684 bits per heavy atom. The molecule has 13 heteroatoms. The van der Waals surface area contributed by atoms with Gasteiger partial charge in [0.1, 0.15) is 24.4 Å². The average Bonchev–Trinajstić information content (AvgIpc) is 2.24. The summed E-state index contributed by atoms with van der Waals surface area (Å²) in [4.78, 5) is 0. The van der Waals surface area contributed by atoms with Gasteiger partial charge in [0, 0.05) is 0 Å². The summed E-state index contributed by atoms with van der Waals surface area (Å²) in [7, 11) is -2.92. The van der Waals surface area contributed by atoms with Crippen LogP contribution in [0, 0.1) is 0 Å². The van der Waals surface area contributed by atoms with Crippen molar-refractivity contribution in [2.24, 2.45) is 0 Å². The molecule has 0 aliphatic carbocycles. The average molecular weight is 310 g/mol. The molecule has 0 rings (SSSR count). The summed E-state index contributed by atoms with van der Waals surface area (Å²) in [5, 5.41) is 77.4. The first-order chi connectivity index (χ1) is 7.27. The molecule has 0 aromatic heterocycles. The van der Waals surface area contributed by atoms with E-state index in [1.54, 1.807) is 0 Å².